The van der Waals surface area contributed by atoms with Gasteiger partial charge in [-0.25, -0.2) is 0 Å². The fourth-order valence-corrected chi connectivity index (χ4v) is 4.21. The molecule has 2 bridgehead atoms. The lowest BCUT2D eigenvalue weighted by atomic mass is 9.65. The number of hydrogen-bond acceptors (Lipinski definition) is 5. The topological polar surface area (TPSA) is 80.9 Å². The van der Waals surface area contributed by atoms with E-state index in [1.54, 1.807) is 0 Å². The van der Waals surface area contributed by atoms with Crippen molar-refractivity contribution in [1.29, 1.82) is 0 Å². The van der Waals surface area contributed by atoms with Crippen LogP contribution in [-0.4, -0.2) is 22.1 Å². The average molecular weight is 334 g/mol. The summed E-state index contributed by atoms with van der Waals surface area (Å²) in [7, 11) is 0. The molecule has 0 aliphatic heterocycles. The van der Waals surface area contributed by atoms with Crippen LogP contribution in [0.1, 0.15) is 37.1 Å². The maximum Gasteiger partial charge on any atom is 0.445 e. The van der Waals surface area contributed by atoms with E-state index in [1.165, 1.54) is 0 Å². The Kier molecular flexibility index (Phi) is 4.11. The van der Waals surface area contributed by atoms with Gasteiger partial charge in [0.05, 0.1) is 0 Å². The molecule has 0 radical (unpaired) electrons. The second-order valence-electron chi connectivity index (χ2n) is 6.10. The minimum atomic E-state index is -4.53. The molecule has 2 saturated carbocycles. The number of nitrogens with zero attached hydrogens (tertiary/aromatic N) is 2. The monoisotopic (exact) mass is 334 g/mol. The molecular formula is C13H17F3N4OS. The summed E-state index contributed by atoms with van der Waals surface area (Å²) >= 11 is 0.350. The third-order valence-electron chi connectivity index (χ3n) is 4.68. The molecule has 0 saturated heterocycles. The highest BCUT2D eigenvalue weighted by atomic mass is 32.1. The van der Waals surface area contributed by atoms with Crippen LogP contribution in [0.25, 0.3) is 0 Å². The van der Waals surface area contributed by atoms with E-state index in [4.69, 9.17) is 5.73 Å². The van der Waals surface area contributed by atoms with Gasteiger partial charge in [0.25, 0.3) is 0 Å². The lowest BCUT2D eigenvalue weighted by molar-refractivity contribution is -0.138. The normalized spacial score (nSPS) is 31.8. The van der Waals surface area contributed by atoms with E-state index in [0.717, 1.165) is 19.3 Å². The number of anilines is 1. The van der Waals surface area contributed by atoms with Crippen LogP contribution in [0.15, 0.2) is 0 Å². The van der Waals surface area contributed by atoms with Gasteiger partial charge < -0.3 is 11.1 Å². The Morgan fingerprint density at radius 2 is 1.86 bits per heavy atom. The maximum absolute atomic E-state index is 12.5. The SMILES string of the molecule is NC1C2CCCC1CC(C(=O)Nc1nnc(C(F)(F)F)s1)C2. The van der Waals surface area contributed by atoms with Gasteiger partial charge in [-0.05, 0) is 37.5 Å². The fourth-order valence-electron chi connectivity index (χ4n) is 3.60. The Morgan fingerprint density at radius 1 is 1.23 bits per heavy atom. The minimum Gasteiger partial charge on any atom is -0.327 e. The second kappa shape index (κ2) is 5.77. The molecule has 1 aromatic heterocycles. The Labute approximate surface area is 129 Å². The largest absolute Gasteiger partial charge is 0.445 e. The summed E-state index contributed by atoms with van der Waals surface area (Å²) in [6, 6.07) is 0.149. The van der Waals surface area contributed by atoms with Crippen molar-refractivity contribution in [3.05, 3.63) is 5.01 Å². The van der Waals surface area contributed by atoms with E-state index in [-0.39, 0.29) is 23.0 Å². The summed E-state index contributed by atoms with van der Waals surface area (Å²) in [5.74, 6) is 0.203. The molecule has 22 heavy (non-hydrogen) atoms. The van der Waals surface area contributed by atoms with E-state index in [1.807, 2.05) is 0 Å². The van der Waals surface area contributed by atoms with Gasteiger partial charge in [0, 0.05) is 12.0 Å². The number of halogens is 3. The first-order chi connectivity index (χ1) is 10.3. The van der Waals surface area contributed by atoms with Crippen LogP contribution < -0.4 is 11.1 Å². The van der Waals surface area contributed by atoms with Crippen molar-refractivity contribution in [2.45, 2.75) is 44.3 Å². The van der Waals surface area contributed by atoms with Gasteiger partial charge >= 0.3 is 6.18 Å². The number of aromatic nitrogens is 2. The smallest absolute Gasteiger partial charge is 0.327 e. The molecule has 2 unspecified atom stereocenters. The standard InChI is InChI=1S/C13H17F3N4OS/c14-13(15,16)11-19-20-12(22-11)18-10(21)8-4-6-2-1-3-7(5-8)9(6)17/h6-9H,1-5,17H2,(H,18,20,21). The number of nitrogens with one attached hydrogen (secondary N) is 1. The Hall–Kier alpha value is -1.22. The predicted molar refractivity (Wildman–Crippen MR) is 75.1 cm³/mol. The maximum atomic E-state index is 12.5. The molecule has 3 N–H and O–H groups in total. The van der Waals surface area contributed by atoms with Gasteiger partial charge in [-0.3, -0.25) is 4.79 Å². The van der Waals surface area contributed by atoms with Crippen LogP contribution in [0.5, 0.6) is 0 Å². The number of carbonyl (C=O) groups is 1. The molecule has 2 fully saturated rings. The second-order valence-corrected chi connectivity index (χ2v) is 7.07. The molecule has 122 valence electrons. The van der Waals surface area contributed by atoms with Gasteiger partial charge in [0.15, 0.2) is 0 Å². The molecule has 1 amide bonds. The zero-order valence-corrected chi connectivity index (χ0v) is 12.6. The first kappa shape index (κ1) is 15.7. The zero-order valence-electron chi connectivity index (χ0n) is 11.8. The van der Waals surface area contributed by atoms with Crippen LogP contribution in [0.4, 0.5) is 18.3 Å². The number of rotatable bonds is 2. The van der Waals surface area contributed by atoms with Gasteiger partial charge in [-0.15, -0.1) is 10.2 Å². The van der Waals surface area contributed by atoms with Crippen LogP contribution in [0.3, 0.4) is 0 Å². The van der Waals surface area contributed by atoms with Crippen molar-refractivity contribution >= 4 is 22.4 Å². The van der Waals surface area contributed by atoms with Gasteiger partial charge in [0.2, 0.25) is 16.0 Å². The van der Waals surface area contributed by atoms with Crippen LogP contribution in [-0.2, 0) is 11.0 Å². The van der Waals surface area contributed by atoms with E-state index >= 15 is 0 Å². The molecule has 9 heteroatoms. The van der Waals surface area contributed by atoms with E-state index < -0.39 is 11.2 Å². The summed E-state index contributed by atoms with van der Waals surface area (Å²) in [5, 5.41) is 7.78. The van der Waals surface area contributed by atoms with E-state index in [9.17, 15) is 18.0 Å². The Balaban J connectivity index is 1.64. The average Bonchev–Trinajstić information content (AvgIpc) is 2.86. The molecule has 2 atom stereocenters. The van der Waals surface area contributed by atoms with Gasteiger partial charge in [-0.2, -0.15) is 13.2 Å². The van der Waals surface area contributed by atoms with E-state index in [2.05, 4.69) is 15.5 Å². The van der Waals surface area contributed by atoms with Crippen molar-refractivity contribution in [2.24, 2.45) is 23.5 Å². The third-order valence-corrected chi connectivity index (χ3v) is 5.56. The van der Waals surface area contributed by atoms with Crippen LogP contribution in [0, 0.1) is 17.8 Å². The molecule has 3 rings (SSSR count). The number of nitrogens with two attached hydrogens (primary N) is 1. The summed E-state index contributed by atoms with van der Waals surface area (Å²) in [6.07, 6.45) is 0.0673. The fraction of sp³-hybridized carbons (Fsp3) is 0.769. The molecule has 1 aromatic rings. The van der Waals surface area contributed by atoms with Gasteiger partial charge in [-0.1, -0.05) is 17.8 Å². The summed E-state index contributed by atoms with van der Waals surface area (Å²) in [4.78, 5) is 12.3. The van der Waals surface area contributed by atoms with Crippen molar-refractivity contribution in [3.63, 3.8) is 0 Å². The van der Waals surface area contributed by atoms with Crippen LogP contribution >= 0.6 is 11.3 Å². The molecular weight excluding hydrogens is 317 g/mol. The third kappa shape index (κ3) is 3.10. The molecule has 5 nitrogen and oxygen atoms in total. The Morgan fingerprint density at radius 3 is 2.41 bits per heavy atom. The minimum absolute atomic E-state index is 0.0997. The predicted octanol–water partition coefficient (Wildman–Crippen LogP) is 2.65. The highest BCUT2D eigenvalue weighted by molar-refractivity contribution is 7.15. The molecule has 2 aliphatic carbocycles. The zero-order chi connectivity index (χ0) is 15.9. The summed E-state index contributed by atoms with van der Waals surface area (Å²) in [5.41, 5.74) is 6.17. The lowest BCUT2D eigenvalue weighted by Gasteiger charge is -2.43. The number of alkyl halides is 3. The molecule has 1 heterocycles. The van der Waals surface area contributed by atoms with Crippen molar-refractivity contribution in [2.75, 3.05) is 5.32 Å². The number of hydrogen-bond donors (Lipinski definition) is 2. The first-order valence-electron chi connectivity index (χ1n) is 7.31. The number of amides is 1. The summed E-state index contributed by atoms with van der Waals surface area (Å²) in [6.45, 7) is 0. The van der Waals surface area contributed by atoms with Crippen LogP contribution in [0.2, 0.25) is 0 Å². The van der Waals surface area contributed by atoms with Gasteiger partial charge in [0.1, 0.15) is 0 Å². The first-order valence-corrected chi connectivity index (χ1v) is 8.13. The Bertz CT molecular complexity index is 548. The van der Waals surface area contributed by atoms with Crippen molar-refractivity contribution < 1.29 is 18.0 Å². The van der Waals surface area contributed by atoms with Crippen molar-refractivity contribution in [1.82, 2.24) is 10.2 Å². The summed E-state index contributed by atoms with van der Waals surface area (Å²) < 4.78 is 37.4. The molecule has 0 aromatic carbocycles. The molecule has 2 aliphatic rings. The lowest BCUT2D eigenvalue weighted by Crippen LogP contribution is -2.48. The quantitative estimate of drug-likeness (QED) is 0.871. The number of fused-ring (bicyclic) bond motifs is 2. The van der Waals surface area contributed by atoms with Crippen molar-refractivity contribution in [3.8, 4) is 0 Å². The highest BCUT2D eigenvalue weighted by Crippen LogP contribution is 2.42. The van der Waals surface area contributed by atoms with E-state index in [0.29, 0.717) is 36.0 Å². The highest BCUT2D eigenvalue weighted by Gasteiger charge is 2.41. The molecule has 0 spiro atoms. The number of carbonyl (C=O) groups excluding carboxylic acids is 1.